The van der Waals surface area contributed by atoms with Gasteiger partial charge in [0.05, 0.1) is 0 Å². The molecule has 0 radical (unpaired) electrons. The highest BCUT2D eigenvalue weighted by atomic mass is 19.3. The molecule has 0 amide bonds. The van der Waals surface area contributed by atoms with Crippen molar-refractivity contribution in [3.05, 3.63) is 23.8 Å². The summed E-state index contributed by atoms with van der Waals surface area (Å²) in [5.41, 5.74) is 0.462. The van der Waals surface area contributed by atoms with Gasteiger partial charge in [-0.15, -0.1) is 0 Å². The van der Waals surface area contributed by atoms with E-state index in [-0.39, 0.29) is 17.5 Å². The van der Waals surface area contributed by atoms with E-state index in [0.717, 1.165) is 18.9 Å². The summed E-state index contributed by atoms with van der Waals surface area (Å²) in [7, 11) is 0. The Morgan fingerprint density at radius 1 is 1.00 bits per heavy atom. The monoisotopic (exact) mass is 309 g/mol. The summed E-state index contributed by atoms with van der Waals surface area (Å²) in [6.45, 7) is -1.71. The Bertz CT molecular complexity index is 425. The second kappa shape index (κ2) is 8.71. The number of hydrogen-bond donors (Lipinski definition) is 1. The summed E-state index contributed by atoms with van der Waals surface area (Å²) in [5.74, 6) is -0.381. The smallest absolute Gasteiger partial charge is 0.387 e. The van der Waals surface area contributed by atoms with E-state index < -0.39 is 13.2 Å². The van der Waals surface area contributed by atoms with Crippen molar-refractivity contribution in [1.29, 1.82) is 0 Å². The van der Waals surface area contributed by atoms with Crippen molar-refractivity contribution in [2.45, 2.75) is 52.5 Å². The molecule has 7 heteroatoms. The Labute approximate surface area is 121 Å². The Hall–Kier alpha value is -1.50. The molecule has 120 valence electrons. The van der Waals surface area contributed by atoms with E-state index in [4.69, 9.17) is 0 Å². The third kappa shape index (κ3) is 6.20. The fourth-order valence-corrected chi connectivity index (χ4v) is 1.89. The van der Waals surface area contributed by atoms with E-state index in [0.29, 0.717) is 12.1 Å². The zero-order chi connectivity index (χ0) is 15.8. The molecular weight excluding hydrogens is 290 g/mol. The van der Waals surface area contributed by atoms with Gasteiger partial charge in [-0.1, -0.05) is 19.9 Å². The van der Waals surface area contributed by atoms with Crippen molar-refractivity contribution in [3.8, 4) is 11.5 Å². The topological polar surface area (TPSA) is 30.5 Å². The van der Waals surface area contributed by atoms with Gasteiger partial charge in [0.2, 0.25) is 0 Å². The molecule has 0 unspecified atom stereocenters. The van der Waals surface area contributed by atoms with Crippen molar-refractivity contribution >= 4 is 0 Å². The lowest BCUT2D eigenvalue weighted by Gasteiger charge is -2.17. The molecule has 0 saturated heterocycles. The Morgan fingerprint density at radius 3 is 2.14 bits per heavy atom. The van der Waals surface area contributed by atoms with Crippen LogP contribution in [0.3, 0.4) is 0 Å². The summed E-state index contributed by atoms with van der Waals surface area (Å²) in [5, 5.41) is 3.20. The number of nitrogens with one attached hydrogen (secondary N) is 1. The van der Waals surface area contributed by atoms with Crippen molar-refractivity contribution in [2.24, 2.45) is 0 Å². The van der Waals surface area contributed by atoms with Gasteiger partial charge in [-0.3, -0.25) is 0 Å². The van der Waals surface area contributed by atoms with Crippen LogP contribution >= 0.6 is 0 Å². The van der Waals surface area contributed by atoms with Crippen LogP contribution in [0.25, 0.3) is 0 Å². The molecule has 0 fully saturated rings. The van der Waals surface area contributed by atoms with Crippen LogP contribution in [-0.2, 0) is 6.54 Å². The first-order valence-corrected chi connectivity index (χ1v) is 6.72. The van der Waals surface area contributed by atoms with Crippen LogP contribution in [0, 0.1) is 0 Å². The standard InChI is InChI=1S/C14H19F4NO2/c1-3-10(4-2)19-8-9-5-6-11(20-13(15)16)7-12(9)21-14(17)18/h5-7,10,13-14,19H,3-4,8H2,1-2H3. The van der Waals surface area contributed by atoms with Crippen LogP contribution < -0.4 is 14.8 Å². The van der Waals surface area contributed by atoms with Crippen molar-refractivity contribution in [3.63, 3.8) is 0 Å². The van der Waals surface area contributed by atoms with Gasteiger partial charge in [0.1, 0.15) is 11.5 Å². The van der Waals surface area contributed by atoms with Gasteiger partial charge in [-0.05, 0) is 18.9 Å². The lowest BCUT2D eigenvalue weighted by molar-refractivity contribution is -0.0547. The molecule has 0 bridgehead atoms. The van der Waals surface area contributed by atoms with E-state index >= 15 is 0 Å². The van der Waals surface area contributed by atoms with Gasteiger partial charge in [0, 0.05) is 24.2 Å². The van der Waals surface area contributed by atoms with E-state index in [2.05, 4.69) is 14.8 Å². The highest BCUT2D eigenvalue weighted by Gasteiger charge is 2.14. The van der Waals surface area contributed by atoms with Gasteiger partial charge in [0.15, 0.2) is 0 Å². The lowest BCUT2D eigenvalue weighted by Crippen LogP contribution is -2.27. The molecule has 0 atom stereocenters. The number of ether oxygens (including phenoxy) is 2. The van der Waals surface area contributed by atoms with Crippen LogP contribution in [0.15, 0.2) is 18.2 Å². The molecule has 0 spiro atoms. The Balaban J connectivity index is 2.85. The van der Waals surface area contributed by atoms with Gasteiger partial charge in [-0.25, -0.2) is 0 Å². The Morgan fingerprint density at radius 2 is 1.62 bits per heavy atom. The SMILES string of the molecule is CCC(CC)NCc1ccc(OC(F)F)cc1OC(F)F. The molecule has 1 rings (SSSR count). The summed E-state index contributed by atoms with van der Waals surface area (Å²) in [4.78, 5) is 0. The molecule has 21 heavy (non-hydrogen) atoms. The largest absolute Gasteiger partial charge is 0.435 e. The second-order valence-electron chi connectivity index (χ2n) is 4.42. The first-order chi connectivity index (χ1) is 9.96. The normalized spacial score (nSPS) is 11.5. The number of hydrogen-bond acceptors (Lipinski definition) is 3. The molecule has 1 aromatic rings. The van der Waals surface area contributed by atoms with Gasteiger partial charge in [-0.2, -0.15) is 17.6 Å². The molecule has 1 N–H and O–H groups in total. The zero-order valence-electron chi connectivity index (χ0n) is 11.9. The van der Waals surface area contributed by atoms with Crippen molar-refractivity contribution in [2.75, 3.05) is 0 Å². The highest BCUT2D eigenvalue weighted by Crippen LogP contribution is 2.27. The number of alkyl halides is 4. The summed E-state index contributed by atoms with van der Waals surface area (Å²) in [6, 6.07) is 4.03. The maximum Gasteiger partial charge on any atom is 0.387 e. The average Bonchev–Trinajstić information content (AvgIpc) is 2.40. The first kappa shape index (κ1) is 17.6. The molecule has 1 aromatic carbocycles. The first-order valence-electron chi connectivity index (χ1n) is 6.72. The molecule has 0 heterocycles. The number of rotatable bonds is 9. The van der Waals surface area contributed by atoms with Crippen LogP contribution in [0.1, 0.15) is 32.3 Å². The van der Waals surface area contributed by atoms with Crippen molar-refractivity contribution in [1.82, 2.24) is 5.32 Å². The fraction of sp³-hybridized carbons (Fsp3) is 0.571. The van der Waals surface area contributed by atoms with Crippen LogP contribution in [0.4, 0.5) is 17.6 Å². The predicted molar refractivity (Wildman–Crippen MR) is 70.9 cm³/mol. The molecule has 0 saturated carbocycles. The molecule has 0 aliphatic heterocycles. The van der Waals surface area contributed by atoms with E-state index in [1.54, 1.807) is 0 Å². The summed E-state index contributed by atoms with van der Waals surface area (Å²) in [6.07, 6.45) is 1.79. The second-order valence-corrected chi connectivity index (χ2v) is 4.42. The maximum atomic E-state index is 12.4. The van der Waals surface area contributed by atoms with E-state index in [1.165, 1.54) is 12.1 Å². The Kier molecular flexibility index (Phi) is 7.28. The third-order valence-electron chi connectivity index (χ3n) is 3.05. The molecule has 0 aromatic heterocycles. The average molecular weight is 309 g/mol. The molecular formula is C14H19F4NO2. The van der Waals surface area contributed by atoms with Gasteiger partial charge >= 0.3 is 13.2 Å². The van der Waals surface area contributed by atoms with Crippen LogP contribution in [-0.4, -0.2) is 19.3 Å². The van der Waals surface area contributed by atoms with E-state index in [9.17, 15) is 17.6 Å². The van der Waals surface area contributed by atoms with Gasteiger partial charge in [0.25, 0.3) is 0 Å². The minimum atomic E-state index is -3.03. The minimum Gasteiger partial charge on any atom is -0.435 e. The summed E-state index contributed by atoms with van der Waals surface area (Å²) >= 11 is 0. The molecule has 0 aliphatic rings. The number of benzene rings is 1. The number of halogens is 4. The van der Waals surface area contributed by atoms with E-state index in [1.807, 2.05) is 13.8 Å². The van der Waals surface area contributed by atoms with Crippen LogP contribution in [0.5, 0.6) is 11.5 Å². The zero-order valence-corrected chi connectivity index (χ0v) is 11.9. The quantitative estimate of drug-likeness (QED) is 0.695. The minimum absolute atomic E-state index is 0.165. The van der Waals surface area contributed by atoms with Crippen LogP contribution in [0.2, 0.25) is 0 Å². The van der Waals surface area contributed by atoms with Gasteiger partial charge < -0.3 is 14.8 Å². The molecule has 0 aliphatic carbocycles. The third-order valence-corrected chi connectivity index (χ3v) is 3.05. The fourth-order valence-electron chi connectivity index (χ4n) is 1.89. The lowest BCUT2D eigenvalue weighted by atomic mass is 10.1. The maximum absolute atomic E-state index is 12.4. The van der Waals surface area contributed by atoms with Crippen molar-refractivity contribution < 1.29 is 27.0 Å². The predicted octanol–water partition coefficient (Wildman–Crippen LogP) is 4.17. The highest BCUT2D eigenvalue weighted by molar-refractivity contribution is 5.40. The molecule has 3 nitrogen and oxygen atoms in total. The summed E-state index contributed by atoms with van der Waals surface area (Å²) < 4.78 is 57.6.